The van der Waals surface area contributed by atoms with Gasteiger partial charge in [-0.25, -0.2) is 9.59 Å². The number of H-pyrrole nitrogens is 1. The maximum atomic E-state index is 10.7. The van der Waals surface area contributed by atoms with Gasteiger partial charge in [0.2, 0.25) is 0 Å². The number of ether oxygens (including phenoxy) is 1. The van der Waals surface area contributed by atoms with E-state index in [1.807, 2.05) is 42.5 Å². The van der Waals surface area contributed by atoms with Crippen LogP contribution in [-0.4, -0.2) is 69.0 Å². The minimum absolute atomic E-state index is 0.299. The normalized spacial score (nSPS) is 18.6. The summed E-state index contributed by atoms with van der Waals surface area (Å²) in [5.74, 6) is -2.26. The fourth-order valence-corrected chi connectivity index (χ4v) is 6.26. The number of aliphatic hydroxyl groups excluding tert-OH is 1. The Kier molecular flexibility index (Phi) is 8.94. The molecule has 0 bridgehead atoms. The number of fused-ring (bicyclic) bond motifs is 2. The summed E-state index contributed by atoms with van der Waals surface area (Å²) in [5, 5.41) is 28.6. The second kappa shape index (κ2) is 12.2. The number of rotatable bonds is 6. The molecule has 2 aromatic carbocycles. The lowest BCUT2D eigenvalue weighted by Crippen LogP contribution is -2.45. The molecule has 1 aliphatic heterocycles. The van der Waals surface area contributed by atoms with Crippen molar-refractivity contribution in [2.24, 2.45) is 0 Å². The number of halogens is 1. The van der Waals surface area contributed by atoms with E-state index in [-0.39, 0.29) is 0 Å². The monoisotopic (exact) mass is 558 g/mol. The lowest BCUT2D eigenvalue weighted by Gasteiger charge is -2.38. The Morgan fingerprint density at radius 2 is 1.95 bits per heavy atom. The van der Waals surface area contributed by atoms with Crippen molar-refractivity contribution >= 4 is 55.9 Å². The van der Waals surface area contributed by atoms with Crippen molar-refractivity contribution in [1.82, 2.24) is 9.88 Å². The summed E-state index contributed by atoms with van der Waals surface area (Å²) in [5.41, 5.74) is 2.17. The van der Waals surface area contributed by atoms with Crippen LogP contribution in [0, 0.1) is 6.92 Å². The number of aliphatic hydroxyl groups is 1. The highest BCUT2D eigenvalue weighted by atomic mass is 35.5. The maximum absolute atomic E-state index is 10.7. The highest BCUT2D eigenvalue weighted by Gasteiger charge is 2.29. The molecule has 1 aliphatic rings. The van der Waals surface area contributed by atoms with Crippen molar-refractivity contribution in [3.8, 4) is 5.75 Å². The van der Waals surface area contributed by atoms with Crippen molar-refractivity contribution in [3.05, 3.63) is 64.1 Å². The van der Waals surface area contributed by atoms with Crippen molar-refractivity contribution in [2.75, 3.05) is 19.7 Å². The lowest BCUT2D eigenvalue weighted by molar-refractivity contribution is -0.159. The van der Waals surface area contributed by atoms with Crippen LogP contribution >= 0.6 is 22.9 Å². The molecule has 0 unspecified atom stereocenters. The van der Waals surface area contributed by atoms with Crippen molar-refractivity contribution < 1.29 is 29.6 Å². The van der Waals surface area contributed by atoms with Gasteiger partial charge >= 0.3 is 11.9 Å². The van der Waals surface area contributed by atoms with Crippen molar-refractivity contribution in [3.63, 3.8) is 0 Å². The van der Waals surface area contributed by atoms with Gasteiger partial charge in [-0.05, 0) is 87.0 Å². The number of thiophene rings is 1. The van der Waals surface area contributed by atoms with Crippen molar-refractivity contribution in [2.45, 2.75) is 44.8 Å². The van der Waals surface area contributed by atoms with E-state index in [0.717, 1.165) is 46.8 Å². The largest absolute Gasteiger partial charge is 0.490 e. The Morgan fingerprint density at radius 1 is 1.18 bits per heavy atom. The number of aromatic nitrogens is 1. The molecule has 10 heteroatoms. The Labute approximate surface area is 229 Å². The quantitative estimate of drug-likeness (QED) is 0.230. The summed E-state index contributed by atoms with van der Waals surface area (Å²) >= 11 is 8.05. The number of aromatic amines is 1. The lowest BCUT2D eigenvalue weighted by atomic mass is 9.90. The third kappa shape index (κ3) is 6.85. The summed E-state index contributed by atoms with van der Waals surface area (Å²) in [6.07, 6.45) is 1.70. The number of piperidine rings is 1. The molecule has 38 heavy (non-hydrogen) atoms. The first-order valence-electron chi connectivity index (χ1n) is 12.4. The molecule has 8 nitrogen and oxygen atoms in total. The zero-order valence-electron chi connectivity index (χ0n) is 21.2. The topological polar surface area (TPSA) is 123 Å². The molecule has 4 N–H and O–H groups in total. The first kappa shape index (κ1) is 27.9. The predicted molar refractivity (Wildman–Crippen MR) is 150 cm³/mol. The van der Waals surface area contributed by atoms with E-state index in [1.54, 1.807) is 0 Å². The predicted octanol–water partition coefficient (Wildman–Crippen LogP) is 5.51. The molecule has 0 spiro atoms. The number of aliphatic carboxylic acids is 2. The van der Waals surface area contributed by atoms with Gasteiger partial charge in [-0.2, -0.15) is 0 Å². The molecule has 2 aromatic heterocycles. The highest BCUT2D eigenvalue weighted by Crippen LogP contribution is 2.39. The van der Waals surface area contributed by atoms with Crippen LogP contribution in [0.4, 0.5) is 0 Å². The van der Waals surface area contributed by atoms with Crippen molar-refractivity contribution in [1.29, 1.82) is 0 Å². The van der Waals surface area contributed by atoms with Gasteiger partial charge in [0.25, 0.3) is 0 Å². The molecule has 3 heterocycles. The van der Waals surface area contributed by atoms with Crippen LogP contribution in [0.3, 0.4) is 0 Å². The Morgan fingerprint density at radius 3 is 2.66 bits per heavy atom. The molecule has 1 saturated heterocycles. The molecule has 3 atom stereocenters. The zero-order valence-corrected chi connectivity index (χ0v) is 22.8. The van der Waals surface area contributed by atoms with Gasteiger partial charge in [0.15, 0.2) is 0 Å². The van der Waals surface area contributed by atoms with E-state index >= 15 is 0 Å². The number of carbonyl (C=O) groups is 2. The number of β-amino-alcohol motifs (C(OH)–C–C–N with tert-alkyl or cyclic N) is 1. The van der Waals surface area contributed by atoms with Gasteiger partial charge < -0.3 is 25.0 Å². The molecular formula is C28H31ClN2O6S. The number of likely N-dealkylation sites (tertiary alicyclic amines) is 1. The third-order valence-electron chi connectivity index (χ3n) is 6.73. The third-order valence-corrected chi connectivity index (χ3v) is 8.25. The van der Waals surface area contributed by atoms with Crippen LogP contribution in [0.1, 0.15) is 36.3 Å². The summed E-state index contributed by atoms with van der Waals surface area (Å²) in [6.45, 7) is 6.24. The number of nitrogens with one attached hydrogen (secondary N) is 1. The SMILES string of the molecule is Cc1cc2c(OC[C@@H](O)CN3CC[C@@H](c4cc5cc(Cl)ccc5s4)C[C@H]3C)cccc2[nH]1.O=C(O)C(=O)O. The number of nitrogens with zero attached hydrogens (tertiary/aromatic N) is 1. The van der Waals surface area contributed by atoms with Crippen LogP contribution in [-0.2, 0) is 9.59 Å². The fourth-order valence-electron chi connectivity index (χ4n) is 4.89. The molecule has 0 aliphatic carbocycles. The van der Waals surface area contributed by atoms with Crippen LogP contribution in [0.2, 0.25) is 5.02 Å². The molecule has 4 aromatic rings. The van der Waals surface area contributed by atoms with Gasteiger partial charge in [-0.15, -0.1) is 11.3 Å². The van der Waals surface area contributed by atoms with Crippen LogP contribution in [0.5, 0.6) is 5.75 Å². The van der Waals surface area contributed by atoms with Crippen LogP contribution in [0.15, 0.2) is 48.5 Å². The minimum atomic E-state index is -1.82. The molecule has 5 rings (SSSR count). The maximum Gasteiger partial charge on any atom is 0.414 e. The highest BCUT2D eigenvalue weighted by molar-refractivity contribution is 7.19. The number of benzene rings is 2. The smallest absolute Gasteiger partial charge is 0.414 e. The average Bonchev–Trinajstić information content (AvgIpc) is 3.46. The van der Waals surface area contributed by atoms with E-state index < -0.39 is 18.0 Å². The molecular weight excluding hydrogens is 528 g/mol. The van der Waals surface area contributed by atoms with Gasteiger partial charge in [-0.3, -0.25) is 4.90 Å². The molecule has 0 radical (unpaired) electrons. The van der Waals surface area contributed by atoms with E-state index in [1.165, 1.54) is 15.0 Å². The number of hydrogen-bond acceptors (Lipinski definition) is 6. The second-order valence-corrected chi connectivity index (χ2v) is 11.2. The Bertz CT molecular complexity index is 1420. The fraction of sp³-hybridized carbons (Fsp3) is 0.357. The molecule has 0 amide bonds. The van der Waals surface area contributed by atoms with E-state index in [9.17, 15) is 5.11 Å². The number of carboxylic acid groups (broad SMARTS) is 2. The second-order valence-electron chi connectivity index (χ2n) is 9.64. The standard InChI is InChI=1S/C26H29ClN2O2S.C2H2O4/c1-16-10-22-23(28-16)4-3-5-24(22)31-15-21(30)14-29-9-8-18(11-17(29)2)26-13-19-12-20(27)6-7-25(19)32-26;3-1(4)2(5)6/h3-7,10,12-13,17-18,21,28,30H,8-9,11,14-15H2,1-2H3;(H,3,4)(H,5,6)/t17-,18-,21+;/m1./s1. The number of hydrogen-bond donors (Lipinski definition) is 4. The summed E-state index contributed by atoms with van der Waals surface area (Å²) in [7, 11) is 0. The molecule has 1 fully saturated rings. The number of aryl methyl sites for hydroxylation is 1. The van der Waals surface area contributed by atoms with Gasteiger partial charge in [-0.1, -0.05) is 17.7 Å². The van der Waals surface area contributed by atoms with E-state index in [4.69, 9.17) is 36.1 Å². The van der Waals surface area contributed by atoms with Gasteiger partial charge in [0, 0.05) is 43.8 Å². The first-order chi connectivity index (χ1) is 18.1. The van der Waals surface area contributed by atoms with Crippen LogP contribution in [0.25, 0.3) is 21.0 Å². The average molecular weight is 559 g/mol. The van der Waals surface area contributed by atoms with E-state index in [0.29, 0.717) is 25.1 Å². The Balaban J connectivity index is 0.000000505. The summed E-state index contributed by atoms with van der Waals surface area (Å²) in [6, 6.07) is 17.0. The molecule has 202 valence electrons. The minimum Gasteiger partial charge on any atom is -0.490 e. The summed E-state index contributed by atoms with van der Waals surface area (Å²) in [4.78, 5) is 25.4. The Hall–Kier alpha value is -3.11. The first-order valence-corrected chi connectivity index (χ1v) is 13.6. The van der Waals surface area contributed by atoms with E-state index in [2.05, 4.69) is 41.1 Å². The van der Waals surface area contributed by atoms with Gasteiger partial charge in [0.1, 0.15) is 18.5 Å². The van der Waals surface area contributed by atoms with Gasteiger partial charge in [0.05, 0.1) is 0 Å². The zero-order chi connectivity index (χ0) is 27.4. The summed E-state index contributed by atoms with van der Waals surface area (Å²) < 4.78 is 7.30. The number of carboxylic acids is 2. The van der Waals surface area contributed by atoms with Crippen LogP contribution < -0.4 is 4.74 Å². The molecule has 0 saturated carbocycles.